The van der Waals surface area contributed by atoms with Gasteiger partial charge in [0.15, 0.2) is 0 Å². The van der Waals surface area contributed by atoms with Crippen LogP contribution in [0.2, 0.25) is 0 Å². The smallest absolute Gasteiger partial charge is 0.255 e. The molecular formula is C28H23N3O. The second-order valence-electron chi connectivity index (χ2n) is 7.70. The van der Waals surface area contributed by atoms with Crippen LogP contribution in [0.4, 0.5) is 5.69 Å². The van der Waals surface area contributed by atoms with E-state index in [1.807, 2.05) is 54.6 Å². The number of carbonyl (C=O) groups is 1. The number of carbonyl (C=O) groups excluding carboxylic acids is 1. The summed E-state index contributed by atoms with van der Waals surface area (Å²) < 4.78 is 2.24. The third-order valence-electron chi connectivity index (χ3n) is 5.53. The van der Waals surface area contributed by atoms with Gasteiger partial charge in [-0.1, -0.05) is 60.7 Å². The van der Waals surface area contributed by atoms with Crippen molar-refractivity contribution in [3.8, 4) is 5.69 Å². The van der Waals surface area contributed by atoms with Gasteiger partial charge in [0.25, 0.3) is 5.91 Å². The molecule has 0 spiro atoms. The van der Waals surface area contributed by atoms with Crippen LogP contribution in [-0.4, -0.2) is 15.5 Å². The Kier molecular flexibility index (Phi) is 5.50. The van der Waals surface area contributed by atoms with Gasteiger partial charge in [0.2, 0.25) is 0 Å². The first kappa shape index (κ1) is 19.8. The topological polar surface area (TPSA) is 46.9 Å². The van der Waals surface area contributed by atoms with E-state index in [1.54, 1.807) is 0 Å². The van der Waals surface area contributed by atoms with Crippen LogP contribution in [-0.2, 0) is 12.8 Å². The molecule has 0 aliphatic rings. The zero-order valence-corrected chi connectivity index (χ0v) is 17.6. The summed E-state index contributed by atoms with van der Waals surface area (Å²) in [5.74, 6) is 0.939. The van der Waals surface area contributed by atoms with E-state index in [1.165, 1.54) is 5.56 Å². The Balaban J connectivity index is 1.32. The molecule has 0 fully saturated rings. The maximum Gasteiger partial charge on any atom is 0.255 e. The third kappa shape index (κ3) is 4.16. The van der Waals surface area contributed by atoms with E-state index in [2.05, 4.69) is 64.5 Å². The molecule has 1 amide bonds. The molecule has 0 radical (unpaired) electrons. The number of aryl methyl sites for hydroxylation is 2. The van der Waals surface area contributed by atoms with Gasteiger partial charge < -0.3 is 5.32 Å². The summed E-state index contributed by atoms with van der Waals surface area (Å²) in [7, 11) is 0. The van der Waals surface area contributed by atoms with Gasteiger partial charge >= 0.3 is 0 Å². The van der Waals surface area contributed by atoms with E-state index in [4.69, 9.17) is 4.98 Å². The van der Waals surface area contributed by atoms with E-state index in [0.717, 1.165) is 41.1 Å². The molecule has 1 heterocycles. The minimum Gasteiger partial charge on any atom is -0.322 e. The zero-order chi connectivity index (χ0) is 21.8. The molecule has 0 bridgehead atoms. The summed E-state index contributed by atoms with van der Waals surface area (Å²) >= 11 is 0. The lowest BCUT2D eigenvalue weighted by Crippen LogP contribution is -2.11. The second kappa shape index (κ2) is 8.90. The van der Waals surface area contributed by atoms with E-state index < -0.39 is 0 Å². The van der Waals surface area contributed by atoms with Crippen LogP contribution < -0.4 is 5.32 Å². The van der Waals surface area contributed by atoms with E-state index in [-0.39, 0.29) is 5.91 Å². The molecule has 5 aromatic rings. The molecule has 0 saturated heterocycles. The lowest BCUT2D eigenvalue weighted by atomic mass is 10.1. The van der Waals surface area contributed by atoms with E-state index >= 15 is 0 Å². The molecule has 156 valence electrons. The lowest BCUT2D eigenvalue weighted by molar-refractivity contribution is 0.102. The van der Waals surface area contributed by atoms with Gasteiger partial charge in [-0.3, -0.25) is 9.36 Å². The maximum atomic E-state index is 12.3. The Morgan fingerprint density at radius 2 is 1.38 bits per heavy atom. The largest absolute Gasteiger partial charge is 0.322 e. The Morgan fingerprint density at radius 3 is 2.12 bits per heavy atom. The first-order chi connectivity index (χ1) is 15.8. The number of benzene rings is 4. The Labute approximate surface area is 187 Å². The van der Waals surface area contributed by atoms with Crippen LogP contribution in [0.3, 0.4) is 0 Å². The number of nitrogens with one attached hydrogen (secondary N) is 1. The third-order valence-corrected chi connectivity index (χ3v) is 5.53. The number of nitrogens with zero attached hydrogens (tertiary/aromatic N) is 2. The number of rotatable bonds is 6. The first-order valence-electron chi connectivity index (χ1n) is 10.7. The van der Waals surface area contributed by atoms with Gasteiger partial charge in [-0.05, 0) is 60.5 Å². The molecule has 5 rings (SSSR count). The fraction of sp³-hybridized carbons (Fsp3) is 0.0714. The first-order valence-corrected chi connectivity index (χ1v) is 10.7. The van der Waals surface area contributed by atoms with E-state index in [9.17, 15) is 4.79 Å². The standard InChI is InChI=1S/C28H23N3O/c32-28(22-9-3-1-4-10-22)29-23-18-15-21(16-19-23)17-20-27-30-25-13-7-8-14-26(25)31(27)24-11-5-2-6-12-24/h1-16,18-19H,17,20H2,(H,29,32). The monoisotopic (exact) mass is 417 g/mol. The molecule has 0 saturated carbocycles. The Morgan fingerprint density at radius 1 is 0.719 bits per heavy atom. The molecular weight excluding hydrogens is 394 g/mol. The van der Waals surface area contributed by atoms with Gasteiger partial charge in [0, 0.05) is 23.4 Å². The zero-order valence-electron chi connectivity index (χ0n) is 17.6. The number of imidazole rings is 1. The minimum atomic E-state index is -0.102. The van der Waals surface area contributed by atoms with Gasteiger partial charge in [-0.2, -0.15) is 0 Å². The number of hydrogen-bond acceptors (Lipinski definition) is 2. The average Bonchev–Trinajstić information content (AvgIpc) is 3.23. The summed E-state index contributed by atoms with van der Waals surface area (Å²) in [6.07, 6.45) is 1.68. The van der Waals surface area contributed by atoms with Crippen molar-refractivity contribution in [1.29, 1.82) is 0 Å². The lowest BCUT2D eigenvalue weighted by Gasteiger charge is -2.10. The highest BCUT2D eigenvalue weighted by atomic mass is 16.1. The number of hydrogen-bond donors (Lipinski definition) is 1. The number of anilines is 1. The van der Waals surface area contributed by atoms with Crippen molar-refractivity contribution in [1.82, 2.24) is 9.55 Å². The van der Waals surface area contributed by atoms with Crippen LogP contribution >= 0.6 is 0 Å². The maximum absolute atomic E-state index is 12.3. The number of fused-ring (bicyclic) bond motifs is 1. The molecule has 4 nitrogen and oxygen atoms in total. The van der Waals surface area contributed by atoms with Crippen LogP contribution in [0.1, 0.15) is 21.7 Å². The molecule has 32 heavy (non-hydrogen) atoms. The molecule has 0 unspecified atom stereocenters. The Hall–Kier alpha value is -4.18. The van der Waals surface area contributed by atoms with Crippen molar-refractivity contribution in [2.75, 3.05) is 5.32 Å². The fourth-order valence-corrected chi connectivity index (χ4v) is 3.91. The van der Waals surface area contributed by atoms with Crippen LogP contribution in [0.5, 0.6) is 0 Å². The highest BCUT2D eigenvalue weighted by molar-refractivity contribution is 6.04. The molecule has 0 aliphatic heterocycles. The molecule has 0 atom stereocenters. The normalized spacial score (nSPS) is 10.9. The summed E-state index contributed by atoms with van der Waals surface area (Å²) in [5, 5.41) is 2.95. The van der Waals surface area contributed by atoms with Crippen molar-refractivity contribution in [2.45, 2.75) is 12.8 Å². The number of amides is 1. The molecule has 0 aliphatic carbocycles. The molecule has 4 heteroatoms. The van der Waals surface area contributed by atoms with E-state index in [0.29, 0.717) is 5.56 Å². The highest BCUT2D eigenvalue weighted by Gasteiger charge is 2.12. The minimum absolute atomic E-state index is 0.102. The van der Waals surface area contributed by atoms with Gasteiger partial charge in [0.05, 0.1) is 11.0 Å². The van der Waals surface area contributed by atoms with Crippen LogP contribution in [0.25, 0.3) is 16.7 Å². The average molecular weight is 418 g/mol. The quantitative estimate of drug-likeness (QED) is 0.365. The number of para-hydroxylation sites is 3. The van der Waals surface area contributed by atoms with Crippen molar-refractivity contribution in [3.63, 3.8) is 0 Å². The van der Waals surface area contributed by atoms with Gasteiger partial charge in [-0.25, -0.2) is 4.98 Å². The van der Waals surface area contributed by atoms with Crippen LogP contribution in [0.15, 0.2) is 109 Å². The SMILES string of the molecule is O=C(Nc1ccc(CCc2nc3ccccc3n2-c2ccccc2)cc1)c1ccccc1. The fourth-order valence-electron chi connectivity index (χ4n) is 3.91. The molecule has 1 N–H and O–H groups in total. The summed E-state index contributed by atoms with van der Waals surface area (Å²) in [4.78, 5) is 17.2. The second-order valence-corrected chi connectivity index (χ2v) is 7.70. The van der Waals surface area contributed by atoms with Crippen molar-refractivity contribution >= 4 is 22.6 Å². The molecule has 4 aromatic carbocycles. The summed E-state index contributed by atoms with van der Waals surface area (Å²) in [6.45, 7) is 0. The predicted molar refractivity (Wildman–Crippen MR) is 129 cm³/mol. The van der Waals surface area contributed by atoms with Crippen molar-refractivity contribution < 1.29 is 4.79 Å². The summed E-state index contributed by atoms with van der Waals surface area (Å²) in [6, 6.07) is 35.9. The summed E-state index contributed by atoms with van der Waals surface area (Å²) in [5.41, 5.74) is 5.89. The number of aromatic nitrogens is 2. The highest BCUT2D eigenvalue weighted by Crippen LogP contribution is 2.23. The van der Waals surface area contributed by atoms with Crippen LogP contribution in [0, 0.1) is 0 Å². The van der Waals surface area contributed by atoms with Crippen molar-refractivity contribution in [2.24, 2.45) is 0 Å². The Bertz CT molecular complexity index is 1340. The van der Waals surface area contributed by atoms with Gasteiger partial charge in [0.1, 0.15) is 5.82 Å². The predicted octanol–water partition coefficient (Wildman–Crippen LogP) is 6.06. The van der Waals surface area contributed by atoms with Gasteiger partial charge in [-0.15, -0.1) is 0 Å². The molecule has 1 aromatic heterocycles. The van der Waals surface area contributed by atoms with Crippen molar-refractivity contribution in [3.05, 3.63) is 126 Å².